The molecule has 1 aliphatic heterocycles. The molecule has 0 aliphatic carbocycles. The first-order valence-corrected chi connectivity index (χ1v) is 6.95. The number of ether oxygens (including phenoxy) is 2. The topological polar surface area (TPSA) is 18.5 Å². The van der Waals surface area contributed by atoms with E-state index < -0.39 is 0 Å². The number of benzene rings is 2. The van der Waals surface area contributed by atoms with Gasteiger partial charge in [0.05, 0.1) is 5.38 Å². The van der Waals surface area contributed by atoms with Crippen molar-refractivity contribution in [3.63, 3.8) is 0 Å². The molecule has 1 aliphatic rings. The van der Waals surface area contributed by atoms with E-state index in [0.29, 0.717) is 36.7 Å². The van der Waals surface area contributed by atoms with Gasteiger partial charge in [0, 0.05) is 5.56 Å². The Balaban J connectivity index is 1.88. The minimum Gasteiger partial charge on any atom is -0.486 e. The SMILES string of the molecule is Fc1ccccc1CC(Cl)c1cccc2c1OCCO2. The number of halogens is 2. The van der Waals surface area contributed by atoms with Gasteiger partial charge in [-0.2, -0.15) is 0 Å². The van der Waals surface area contributed by atoms with Gasteiger partial charge in [0.15, 0.2) is 11.5 Å². The molecule has 0 N–H and O–H groups in total. The maximum Gasteiger partial charge on any atom is 0.166 e. The number of fused-ring (bicyclic) bond motifs is 1. The van der Waals surface area contributed by atoms with Crippen LogP contribution in [0.25, 0.3) is 0 Å². The van der Waals surface area contributed by atoms with Crippen LogP contribution in [0.5, 0.6) is 11.5 Å². The number of para-hydroxylation sites is 1. The molecule has 0 bridgehead atoms. The number of alkyl halides is 1. The molecule has 0 saturated carbocycles. The predicted octanol–water partition coefficient (Wildman–Crippen LogP) is 4.12. The van der Waals surface area contributed by atoms with E-state index in [1.165, 1.54) is 6.07 Å². The van der Waals surface area contributed by atoms with Crippen LogP contribution in [0.1, 0.15) is 16.5 Å². The van der Waals surface area contributed by atoms with Crippen LogP contribution in [0.2, 0.25) is 0 Å². The van der Waals surface area contributed by atoms with Gasteiger partial charge in [-0.3, -0.25) is 0 Å². The van der Waals surface area contributed by atoms with E-state index in [4.69, 9.17) is 21.1 Å². The van der Waals surface area contributed by atoms with Gasteiger partial charge in [-0.05, 0) is 24.1 Å². The first-order valence-electron chi connectivity index (χ1n) is 6.51. The first-order chi connectivity index (χ1) is 9.75. The minimum atomic E-state index is -0.358. The molecule has 0 aromatic heterocycles. The summed E-state index contributed by atoms with van der Waals surface area (Å²) in [4.78, 5) is 0. The fraction of sp³-hybridized carbons (Fsp3) is 0.250. The highest BCUT2D eigenvalue weighted by Gasteiger charge is 2.21. The van der Waals surface area contributed by atoms with Gasteiger partial charge in [-0.25, -0.2) is 4.39 Å². The molecule has 4 heteroatoms. The molecule has 2 aromatic carbocycles. The summed E-state index contributed by atoms with van der Waals surface area (Å²) < 4.78 is 24.9. The molecular weight excluding hydrogens is 279 g/mol. The lowest BCUT2D eigenvalue weighted by Gasteiger charge is -2.23. The van der Waals surface area contributed by atoms with Crippen molar-refractivity contribution in [2.24, 2.45) is 0 Å². The van der Waals surface area contributed by atoms with Gasteiger partial charge >= 0.3 is 0 Å². The Labute approximate surface area is 122 Å². The van der Waals surface area contributed by atoms with Crippen molar-refractivity contribution in [3.8, 4) is 11.5 Å². The van der Waals surface area contributed by atoms with E-state index in [1.807, 2.05) is 24.3 Å². The third-order valence-electron chi connectivity index (χ3n) is 3.29. The number of hydrogen-bond acceptors (Lipinski definition) is 2. The zero-order chi connectivity index (χ0) is 13.9. The van der Waals surface area contributed by atoms with E-state index in [9.17, 15) is 4.39 Å². The lowest BCUT2D eigenvalue weighted by atomic mass is 10.0. The Morgan fingerprint density at radius 3 is 2.70 bits per heavy atom. The first kappa shape index (κ1) is 13.3. The molecule has 20 heavy (non-hydrogen) atoms. The molecule has 0 amide bonds. The van der Waals surface area contributed by atoms with E-state index in [-0.39, 0.29) is 11.2 Å². The third-order valence-corrected chi connectivity index (χ3v) is 3.68. The van der Waals surface area contributed by atoms with Crippen LogP contribution < -0.4 is 9.47 Å². The molecule has 104 valence electrons. The van der Waals surface area contributed by atoms with E-state index in [2.05, 4.69) is 0 Å². The van der Waals surface area contributed by atoms with E-state index in [1.54, 1.807) is 12.1 Å². The lowest BCUT2D eigenvalue weighted by molar-refractivity contribution is 0.170. The summed E-state index contributed by atoms with van der Waals surface area (Å²) in [6.07, 6.45) is 0.411. The average Bonchev–Trinajstić information content (AvgIpc) is 2.49. The van der Waals surface area contributed by atoms with Crippen LogP contribution in [-0.4, -0.2) is 13.2 Å². The molecule has 0 fully saturated rings. The smallest absolute Gasteiger partial charge is 0.166 e. The molecule has 3 rings (SSSR count). The van der Waals surface area contributed by atoms with Crippen molar-refractivity contribution in [1.29, 1.82) is 0 Å². The molecular formula is C16H14ClFO2. The molecule has 0 radical (unpaired) electrons. The highest BCUT2D eigenvalue weighted by molar-refractivity contribution is 6.21. The van der Waals surface area contributed by atoms with Gasteiger partial charge in [0.2, 0.25) is 0 Å². The molecule has 0 saturated heterocycles. The largest absolute Gasteiger partial charge is 0.486 e. The Kier molecular flexibility index (Phi) is 3.79. The molecule has 1 atom stereocenters. The highest BCUT2D eigenvalue weighted by Crippen LogP contribution is 2.40. The normalized spacial score (nSPS) is 14.9. The standard InChI is InChI=1S/C16H14ClFO2/c17-13(10-11-4-1-2-6-14(11)18)12-5-3-7-15-16(12)20-9-8-19-15/h1-7,13H,8-10H2. The lowest BCUT2D eigenvalue weighted by Crippen LogP contribution is -2.17. The maximum atomic E-state index is 13.7. The van der Waals surface area contributed by atoms with Crippen LogP contribution in [0.4, 0.5) is 4.39 Å². The monoisotopic (exact) mass is 292 g/mol. The van der Waals surface area contributed by atoms with E-state index >= 15 is 0 Å². The third kappa shape index (κ3) is 2.59. The summed E-state index contributed by atoms with van der Waals surface area (Å²) in [7, 11) is 0. The van der Waals surface area contributed by atoms with Gasteiger partial charge in [0.25, 0.3) is 0 Å². The summed E-state index contributed by atoms with van der Waals surface area (Å²) in [5, 5.41) is -0.358. The second-order valence-electron chi connectivity index (χ2n) is 4.63. The van der Waals surface area contributed by atoms with Crippen molar-refractivity contribution in [1.82, 2.24) is 0 Å². The van der Waals surface area contributed by atoms with Crippen molar-refractivity contribution >= 4 is 11.6 Å². The summed E-state index contributed by atoms with van der Waals surface area (Å²) in [6, 6.07) is 12.3. The maximum absolute atomic E-state index is 13.7. The van der Waals surface area contributed by atoms with Crippen molar-refractivity contribution in [2.45, 2.75) is 11.8 Å². The Hall–Kier alpha value is -1.74. The summed E-state index contributed by atoms with van der Waals surface area (Å²) in [6.45, 7) is 1.05. The van der Waals surface area contributed by atoms with Gasteiger partial charge in [0.1, 0.15) is 19.0 Å². The van der Waals surface area contributed by atoms with Crippen LogP contribution in [-0.2, 0) is 6.42 Å². The number of rotatable bonds is 3. The van der Waals surface area contributed by atoms with Crippen LogP contribution in [0.15, 0.2) is 42.5 Å². The van der Waals surface area contributed by atoms with Crippen molar-refractivity contribution in [3.05, 3.63) is 59.4 Å². The average molecular weight is 293 g/mol. The van der Waals surface area contributed by atoms with Gasteiger partial charge in [-0.15, -0.1) is 11.6 Å². The van der Waals surface area contributed by atoms with Crippen molar-refractivity contribution < 1.29 is 13.9 Å². The van der Waals surface area contributed by atoms with Crippen LogP contribution >= 0.6 is 11.6 Å². The second-order valence-corrected chi connectivity index (χ2v) is 5.16. The van der Waals surface area contributed by atoms with E-state index in [0.717, 1.165) is 5.56 Å². The summed E-state index contributed by atoms with van der Waals surface area (Å²) in [5.41, 5.74) is 1.44. The Morgan fingerprint density at radius 2 is 1.85 bits per heavy atom. The predicted molar refractivity (Wildman–Crippen MR) is 76.1 cm³/mol. The quantitative estimate of drug-likeness (QED) is 0.792. The Bertz CT molecular complexity index is 615. The van der Waals surface area contributed by atoms with Gasteiger partial charge < -0.3 is 9.47 Å². The fourth-order valence-corrected chi connectivity index (χ4v) is 2.65. The highest BCUT2D eigenvalue weighted by atomic mass is 35.5. The van der Waals surface area contributed by atoms with Gasteiger partial charge in [-0.1, -0.05) is 30.3 Å². The van der Waals surface area contributed by atoms with Crippen molar-refractivity contribution in [2.75, 3.05) is 13.2 Å². The molecule has 2 nitrogen and oxygen atoms in total. The number of hydrogen-bond donors (Lipinski definition) is 0. The zero-order valence-corrected chi connectivity index (χ0v) is 11.6. The molecule has 0 spiro atoms. The molecule has 2 aromatic rings. The summed E-state index contributed by atoms with van der Waals surface area (Å²) >= 11 is 6.45. The minimum absolute atomic E-state index is 0.236. The van der Waals surface area contributed by atoms with Crippen LogP contribution in [0.3, 0.4) is 0 Å². The second kappa shape index (κ2) is 5.71. The van der Waals surface area contributed by atoms with Crippen LogP contribution in [0, 0.1) is 5.82 Å². The Morgan fingerprint density at radius 1 is 1.05 bits per heavy atom. The molecule has 1 unspecified atom stereocenters. The summed E-state index contributed by atoms with van der Waals surface area (Å²) in [5.74, 6) is 1.14. The molecule has 1 heterocycles. The fourth-order valence-electron chi connectivity index (χ4n) is 2.31. The zero-order valence-electron chi connectivity index (χ0n) is 10.8.